The van der Waals surface area contributed by atoms with Gasteiger partial charge in [-0.05, 0) is 54.8 Å². The Morgan fingerprint density at radius 1 is 1.29 bits per heavy atom. The maximum Gasteiger partial charge on any atom is 0.341 e. The standard InChI is InChI=1S/C21H32N2O3S2/c1-6-7-8-9-16(24)22-20(27)23-18-17(19(25)26-5)14-11-10-13(21(2,3)4)12-15(14)28-18/h13H,6-12H2,1-5H3,(H2,22,23,24,27). The van der Waals surface area contributed by atoms with Crippen LogP contribution in [0.15, 0.2) is 0 Å². The highest BCUT2D eigenvalue weighted by Gasteiger charge is 2.34. The van der Waals surface area contributed by atoms with E-state index in [2.05, 4.69) is 38.3 Å². The predicted molar refractivity (Wildman–Crippen MR) is 119 cm³/mol. The molecule has 2 N–H and O–H groups in total. The van der Waals surface area contributed by atoms with Gasteiger partial charge in [0.25, 0.3) is 0 Å². The van der Waals surface area contributed by atoms with Gasteiger partial charge in [-0.3, -0.25) is 4.79 Å². The molecule has 0 saturated carbocycles. The van der Waals surface area contributed by atoms with E-state index < -0.39 is 0 Å². The molecule has 5 nitrogen and oxygen atoms in total. The van der Waals surface area contributed by atoms with Gasteiger partial charge in [0.2, 0.25) is 5.91 Å². The van der Waals surface area contributed by atoms with Crippen LogP contribution in [0.4, 0.5) is 5.00 Å². The van der Waals surface area contributed by atoms with Crippen LogP contribution in [0.2, 0.25) is 0 Å². The SMILES string of the molecule is CCCCCC(=O)NC(=S)Nc1sc2c(c1C(=O)OC)CCC(C(C)(C)C)C2. The van der Waals surface area contributed by atoms with E-state index in [1.165, 1.54) is 12.0 Å². The van der Waals surface area contributed by atoms with Crippen molar-refractivity contribution in [1.29, 1.82) is 0 Å². The second kappa shape index (κ2) is 9.83. The minimum atomic E-state index is -0.355. The smallest absolute Gasteiger partial charge is 0.341 e. The molecule has 0 radical (unpaired) electrons. The summed E-state index contributed by atoms with van der Waals surface area (Å²) in [5, 5.41) is 6.70. The number of hydrogen-bond acceptors (Lipinski definition) is 5. The number of carbonyl (C=O) groups is 2. The molecule has 0 bridgehead atoms. The molecule has 1 aliphatic rings. The molecule has 0 aliphatic heterocycles. The van der Waals surface area contributed by atoms with Crippen molar-refractivity contribution in [3.05, 3.63) is 16.0 Å². The molecule has 1 aliphatic carbocycles. The molecule has 0 fully saturated rings. The molecule has 1 amide bonds. The molecule has 1 heterocycles. The molecule has 1 aromatic heterocycles. The van der Waals surface area contributed by atoms with Crippen molar-refractivity contribution in [2.75, 3.05) is 12.4 Å². The van der Waals surface area contributed by atoms with E-state index in [9.17, 15) is 9.59 Å². The number of esters is 1. The van der Waals surface area contributed by atoms with Crippen molar-refractivity contribution in [1.82, 2.24) is 5.32 Å². The van der Waals surface area contributed by atoms with Gasteiger partial charge in [0.15, 0.2) is 5.11 Å². The van der Waals surface area contributed by atoms with Gasteiger partial charge in [0, 0.05) is 11.3 Å². The monoisotopic (exact) mass is 424 g/mol. The Hall–Kier alpha value is -1.47. The van der Waals surface area contributed by atoms with Crippen molar-refractivity contribution in [2.24, 2.45) is 11.3 Å². The van der Waals surface area contributed by atoms with Crippen molar-refractivity contribution in [3.8, 4) is 0 Å². The second-order valence-corrected chi connectivity index (χ2v) is 9.98. The molecule has 7 heteroatoms. The van der Waals surface area contributed by atoms with Crippen molar-refractivity contribution in [3.63, 3.8) is 0 Å². The molecule has 1 atom stereocenters. The summed E-state index contributed by atoms with van der Waals surface area (Å²) in [6, 6.07) is 0. The van der Waals surface area contributed by atoms with Gasteiger partial charge in [-0.25, -0.2) is 4.79 Å². The average Bonchev–Trinajstić information content (AvgIpc) is 2.97. The number of thiocarbonyl (C=S) groups is 1. The third-order valence-electron chi connectivity index (χ3n) is 5.37. The topological polar surface area (TPSA) is 67.4 Å². The van der Waals surface area contributed by atoms with Crippen LogP contribution in [0, 0.1) is 11.3 Å². The highest BCUT2D eigenvalue weighted by atomic mass is 32.1. The quantitative estimate of drug-likeness (QED) is 0.379. The Balaban J connectivity index is 2.16. The van der Waals surface area contributed by atoms with Crippen LogP contribution in [0.25, 0.3) is 0 Å². The minimum absolute atomic E-state index is 0.0975. The number of nitrogens with one attached hydrogen (secondary N) is 2. The Morgan fingerprint density at radius 3 is 2.61 bits per heavy atom. The van der Waals surface area contributed by atoms with E-state index >= 15 is 0 Å². The lowest BCUT2D eigenvalue weighted by atomic mass is 9.72. The summed E-state index contributed by atoms with van der Waals surface area (Å²) in [4.78, 5) is 25.7. The first-order chi connectivity index (χ1) is 13.2. The number of thiophene rings is 1. The molecule has 28 heavy (non-hydrogen) atoms. The zero-order valence-corrected chi connectivity index (χ0v) is 19.2. The summed E-state index contributed by atoms with van der Waals surface area (Å²) in [6.07, 6.45) is 6.24. The van der Waals surface area contributed by atoms with Gasteiger partial charge >= 0.3 is 5.97 Å². The maximum absolute atomic E-state index is 12.4. The van der Waals surface area contributed by atoms with Crippen LogP contribution in [0.5, 0.6) is 0 Å². The first kappa shape index (κ1) is 22.8. The van der Waals surface area contributed by atoms with Crippen molar-refractivity contribution in [2.45, 2.75) is 72.6 Å². The molecular formula is C21H32N2O3S2. The lowest BCUT2D eigenvalue weighted by Gasteiger charge is -2.33. The third-order valence-corrected chi connectivity index (χ3v) is 6.74. The number of hydrogen-bond donors (Lipinski definition) is 2. The van der Waals surface area contributed by atoms with E-state index in [0.29, 0.717) is 22.9 Å². The molecule has 0 spiro atoms. The van der Waals surface area contributed by atoms with Crippen LogP contribution < -0.4 is 10.6 Å². The van der Waals surface area contributed by atoms with Crippen LogP contribution in [0.3, 0.4) is 0 Å². The summed E-state index contributed by atoms with van der Waals surface area (Å²) < 4.78 is 5.02. The number of fused-ring (bicyclic) bond motifs is 1. The fraction of sp³-hybridized carbons (Fsp3) is 0.667. The molecule has 0 aromatic carbocycles. The average molecular weight is 425 g/mol. The third kappa shape index (κ3) is 5.77. The molecule has 1 unspecified atom stereocenters. The number of amides is 1. The second-order valence-electron chi connectivity index (χ2n) is 8.46. The summed E-state index contributed by atoms with van der Waals surface area (Å²) in [6.45, 7) is 8.89. The highest BCUT2D eigenvalue weighted by molar-refractivity contribution is 7.80. The number of carbonyl (C=O) groups excluding carboxylic acids is 2. The predicted octanol–water partition coefficient (Wildman–Crippen LogP) is 5.08. The van der Waals surface area contributed by atoms with Crippen molar-refractivity contribution >= 4 is 45.5 Å². The minimum Gasteiger partial charge on any atom is -0.465 e. The maximum atomic E-state index is 12.4. The summed E-state index contributed by atoms with van der Waals surface area (Å²) in [7, 11) is 1.39. The lowest BCUT2D eigenvalue weighted by Crippen LogP contribution is -2.34. The summed E-state index contributed by atoms with van der Waals surface area (Å²) in [5.74, 6) is 0.119. The Bertz CT molecular complexity index is 735. The normalized spacial score (nSPS) is 16.2. The van der Waals surface area contributed by atoms with E-state index in [4.69, 9.17) is 17.0 Å². The van der Waals surface area contributed by atoms with Crippen LogP contribution in [-0.4, -0.2) is 24.1 Å². The van der Waals surface area contributed by atoms with E-state index in [1.807, 2.05) is 0 Å². The van der Waals surface area contributed by atoms with Gasteiger partial charge in [0.05, 0.1) is 12.7 Å². The number of rotatable bonds is 6. The van der Waals surface area contributed by atoms with E-state index in [0.717, 1.165) is 44.1 Å². The molecule has 1 aromatic rings. The Labute approximate surface area is 177 Å². The number of anilines is 1. The molecule has 156 valence electrons. The van der Waals surface area contributed by atoms with Gasteiger partial charge in [-0.1, -0.05) is 40.5 Å². The molecule has 0 saturated heterocycles. The Morgan fingerprint density at radius 2 is 2.00 bits per heavy atom. The van der Waals surface area contributed by atoms with Gasteiger partial charge < -0.3 is 15.4 Å². The van der Waals surface area contributed by atoms with Crippen LogP contribution in [0.1, 0.15) is 80.6 Å². The number of methoxy groups -OCH3 is 1. The number of unbranched alkanes of at least 4 members (excludes halogenated alkanes) is 2. The van der Waals surface area contributed by atoms with Gasteiger partial charge in [0.1, 0.15) is 5.00 Å². The van der Waals surface area contributed by atoms with E-state index in [1.54, 1.807) is 11.3 Å². The van der Waals surface area contributed by atoms with Gasteiger partial charge in [-0.2, -0.15) is 0 Å². The first-order valence-electron chi connectivity index (χ1n) is 10.0. The van der Waals surface area contributed by atoms with Crippen molar-refractivity contribution < 1.29 is 14.3 Å². The lowest BCUT2D eigenvalue weighted by molar-refractivity contribution is -0.119. The van der Waals surface area contributed by atoms with Crippen LogP contribution >= 0.6 is 23.6 Å². The Kier molecular flexibility index (Phi) is 8.01. The number of ether oxygens (including phenoxy) is 1. The summed E-state index contributed by atoms with van der Waals surface area (Å²) >= 11 is 6.86. The fourth-order valence-electron chi connectivity index (χ4n) is 3.59. The summed E-state index contributed by atoms with van der Waals surface area (Å²) in [5.41, 5.74) is 1.86. The largest absolute Gasteiger partial charge is 0.465 e. The molecule has 2 rings (SSSR count). The van der Waals surface area contributed by atoms with E-state index in [-0.39, 0.29) is 22.4 Å². The van der Waals surface area contributed by atoms with Crippen LogP contribution in [-0.2, 0) is 22.4 Å². The highest BCUT2D eigenvalue weighted by Crippen LogP contribution is 2.44. The fourth-order valence-corrected chi connectivity index (χ4v) is 5.19. The molecular weight excluding hydrogens is 392 g/mol. The zero-order chi connectivity index (χ0) is 20.9. The zero-order valence-electron chi connectivity index (χ0n) is 17.6. The first-order valence-corrected chi connectivity index (χ1v) is 11.2. The van der Waals surface area contributed by atoms with Gasteiger partial charge in [-0.15, -0.1) is 11.3 Å².